The van der Waals surface area contributed by atoms with Gasteiger partial charge in [-0.15, -0.1) is 24.0 Å². The lowest BCUT2D eigenvalue weighted by Crippen LogP contribution is -2.23. The number of halogens is 3. The molecule has 0 bridgehead atoms. The molecule has 0 spiro atoms. The highest BCUT2D eigenvalue weighted by Gasteiger charge is 2.07. The van der Waals surface area contributed by atoms with Gasteiger partial charge in [0.25, 0.3) is 0 Å². The van der Waals surface area contributed by atoms with Gasteiger partial charge in [0.15, 0.2) is 5.96 Å². The Morgan fingerprint density at radius 3 is 2.58 bits per heavy atom. The van der Waals surface area contributed by atoms with Gasteiger partial charge in [0.2, 0.25) is 0 Å². The summed E-state index contributed by atoms with van der Waals surface area (Å²) in [6, 6.07) is 10.7. The summed E-state index contributed by atoms with van der Waals surface area (Å²) in [5.41, 5.74) is 6.98. The second-order valence-corrected chi connectivity index (χ2v) is 5.17. The van der Waals surface area contributed by atoms with E-state index in [9.17, 15) is 9.50 Å². The molecule has 5 nitrogen and oxygen atoms in total. The van der Waals surface area contributed by atoms with Crippen molar-refractivity contribution in [3.05, 3.63) is 58.9 Å². The molecule has 8 heteroatoms. The van der Waals surface area contributed by atoms with Gasteiger partial charge in [-0.25, -0.2) is 4.39 Å². The minimum absolute atomic E-state index is 0. The molecule has 4 N–H and O–H groups in total. The summed E-state index contributed by atoms with van der Waals surface area (Å²) < 4.78 is 17.9. The zero-order chi connectivity index (χ0) is 16.8. The highest BCUT2D eigenvalue weighted by molar-refractivity contribution is 14.0. The van der Waals surface area contributed by atoms with Crippen molar-refractivity contribution in [2.75, 3.05) is 19.0 Å². The Morgan fingerprint density at radius 1 is 1.33 bits per heavy atom. The second-order valence-electron chi connectivity index (χ2n) is 4.77. The number of aliphatic hydroxyl groups is 1. The summed E-state index contributed by atoms with van der Waals surface area (Å²) in [6.07, 6.45) is -0.865. The van der Waals surface area contributed by atoms with Crippen molar-refractivity contribution >= 4 is 47.2 Å². The number of nitrogens with zero attached hydrogens (tertiary/aromatic N) is 1. The van der Waals surface area contributed by atoms with E-state index < -0.39 is 6.10 Å². The summed E-state index contributed by atoms with van der Waals surface area (Å²) >= 11 is 6.02. The normalized spacial score (nSPS) is 12.2. The average molecular weight is 466 g/mol. The molecule has 0 aliphatic carbocycles. The Kier molecular flexibility index (Phi) is 8.23. The number of benzene rings is 2. The second kappa shape index (κ2) is 9.65. The van der Waals surface area contributed by atoms with E-state index in [2.05, 4.69) is 10.3 Å². The maximum absolute atomic E-state index is 12.8. The van der Waals surface area contributed by atoms with Crippen molar-refractivity contribution < 1.29 is 14.2 Å². The van der Waals surface area contributed by atoms with Crippen LogP contribution < -0.4 is 15.8 Å². The van der Waals surface area contributed by atoms with Crippen LogP contribution in [0.15, 0.2) is 47.5 Å². The molecule has 0 saturated carbocycles. The van der Waals surface area contributed by atoms with Gasteiger partial charge in [-0.2, -0.15) is 0 Å². The van der Waals surface area contributed by atoms with Crippen LogP contribution in [0.5, 0.6) is 5.75 Å². The van der Waals surface area contributed by atoms with Crippen molar-refractivity contribution in [1.82, 2.24) is 0 Å². The Morgan fingerprint density at radius 2 is 2.00 bits per heavy atom. The largest absolute Gasteiger partial charge is 0.495 e. The monoisotopic (exact) mass is 465 g/mol. The van der Waals surface area contributed by atoms with E-state index in [1.165, 1.54) is 31.4 Å². The number of rotatable bonds is 5. The number of aliphatic hydroxyl groups excluding tert-OH is 1. The van der Waals surface area contributed by atoms with Gasteiger partial charge in [0.1, 0.15) is 11.6 Å². The Labute approximate surface area is 161 Å². The predicted octanol–water partition coefficient (Wildman–Crippen LogP) is 3.57. The molecule has 0 heterocycles. The lowest BCUT2D eigenvalue weighted by molar-refractivity contribution is 0.187. The van der Waals surface area contributed by atoms with Crippen molar-refractivity contribution in [3.63, 3.8) is 0 Å². The van der Waals surface area contributed by atoms with Crippen LogP contribution in [0.25, 0.3) is 0 Å². The van der Waals surface area contributed by atoms with Crippen molar-refractivity contribution in [2.24, 2.45) is 10.7 Å². The molecule has 2 rings (SSSR count). The summed E-state index contributed by atoms with van der Waals surface area (Å²) in [5, 5.41) is 13.3. The molecule has 24 heavy (non-hydrogen) atoms. The van der Waals surface area contributed by atoms with Gasteiger partial charge >= 0.3 is 0 Å². The molecule has 0 aliphatic rings. The smallest absolute Gasteiger partial charge is 0.193 e. The number of aliphatic imine (C=N–C) groups is 1. The topological polar surface area (TPSA) is 79.9 Å². The fraction of sp³-hybridized carbons (Fsp3) is 0.188. The first kappa shape index (κ1) is 20.5. The number of hydrogen-bond donors (Lipinski definition) is 3. The maximum atomic E-state index is 12.8. The van der Waals surface area contributed by atoms with Gasteiger partial charge in [0, 0.05) is 5.69 Å². The lowest BCUT2D eigenvalue weighted by atomic mass is 10.1. The molecule has 0 amide bonds. The van der Waals surface area contributed by atoms with Gasteiger partial charge in [-0.3, -0.25) is 4.99 Å². The summed E-state index contributed by atoms with van der Waals surface area (Å²) in [4.78, 5) is 4.06. The molecule has 1 unspecified atom stereocenters. The van der Waals surface area contributed by atoms with E-state index in [1.807, 2.05) is 0 Å². The first-order valence-electron chi connectivity index (χ1n) is 6.83. The number of ether oxygens (including phenoxy) is 1. The van der Waals surface area contributed by atoms with E-state index in [0.717, 1.165) is 0 Å². The van der Waals surface area contributed by atoms with E-state index in [0.29, 0.717) is 22.0 Å². The van der Waals surface area contributed by atoms with E-state index in [4.69, 9.17) is 22.1 Å². The molecule has 0 aromatic heterocycles. The summed E-state index contributed by atoms with van der Waals surface area (Å²) in [5.74, 6) is 0.328. The Balaban J connectivity index is 0.00000288. The van der Waals surface area contributed by atoms with Crippen LogP contribution in [-0.2, 0) is 0 Å². The van der Waals surface area contributed by atoms with Gasteiger partial charge in [-0.1, -0.05) is 23.7 Å². The number of nitrogens with one attached hydrogen (secondary N) is 1. The van der Waals surface area contributed by atoms with Crippen LogP contribution in [0, 0.1) is 5.82 Å². The molecular formula is C16H18ClFIN3O2. The van der Waals surface area contributed by atoms with E-state index >= 15 is 0 Å². The lowest BCUT2D eigenvalue weighted by Gasteiger charge is -2.11. The van der Waals surface area contributed by atoms with Gasteiger partial charge < -0.3 is 20.9 Å². The SMILES string of the molecule is COc1ccc(NC(N)=NCC(O)c2ccc(F)cc2)cc1Cl.I. The number of methoxy groups -OCH3 is 1. The third-order valence-electron chi connectivity index (χ3n) is 3.11. The van der Waals surface area contributed by atoms with Crippen LogP contribution >= 0.6 is 35.6 Å². The van der Waals surface area contributed by atoms with Gasteiger partial charge in [0.05, 0.1) is 24.8 Å². The Hall–Kier alpha value is -1.58. The molecule has 0 aliphatic heterocycles. The average Bonchev–Trinajstić information content (AvgIpc) is 2.53. The fourth-order valence-corrected chi connectivity index (χ4v) is 2.16. The number of hydrogen-bond acceptors (Lipinski definition) is 3. The summed E-state index contributed by atoms with van der Waals surface area (Å²) in [6.45, 7) is 0.0500. The third kappa shape index (κ3) is 5.81. The van der Waals surface area contributed by atoms with Crippen LogP contribution in [0.4, 0.5) is 10.1 Å². The molecule has 130 valence electrons. The van der Waals surface area contributed by atoms with Crippen LogP contribution in [-0.4, -0.2) is 24.7 Å². The molecular weight excluding hydrogens is 448 g/mol. The zero-order valence-corrected chi connectivity index (χ0v) is 16.0. The Bertz CT molecular complexity index is 698. The molecule has 2 aromatic rings. The van der Waals surface area contributed by atoms with Crippen molar-refractivity contribution in [2.45, 2.75) is 6.10 Å². The highest BCUT2D eigenvalue weighted by Crippen LogP contribution is 2.27. The highest BCUT2D eigenvalue weighted by atomic mass is 127. The minimum Gasteiger partial charge on any atom is -0.495 e. The van der Waals surface area contributed by atoms with Crippen molar-refractivity contribution in [3.8, 4) is 5.75 Å². The van der Waals surface area contributed by atoms with Crippen molar-refractivity contribution in [1.29, 1.82) is 0 Å². The first-order chi connectivity index (χ1) is 11.0. The maximum Gasteiger partial charge on any atom is 0.193 e. The number of nitrogens with two attached hydrogens (primary N) is 1. The van der Waals surface area contributed by atoms with Gasteiger partial charge in [-0.05, 0) is 35.9 Å². The van der Waals surface area contributed by atoms with Crippen LogP contribution in [0.3, 0.4) is 0 Å². The number of anilines is 1. The van der Waals surface area contributed by atoms with Crippen LogP contribution in [0.1, 0.15) is 11.7 Å². The quantitative estimate of drug-likeness (QED) is 0.358. The van der Waals surface area contributed by atoms with Crippen LogP contribution in [0.2, 0.25) is 5.02 Å². The third-order valence-corrected chi connectivity index (χ3v) is 3.41. The number of guanidine groups is 1. The molecule has 0 radical (unpaired) electrons. The predicted molar refractivity (Wildman–Crippen MR) is 105 cm³/mol. The molecule has 0 saturated heterocycles. The molecule has 0 fully saturated rings. The minimum atomic E-state index is -0.865. The van der Waals surface area contributed by atoms with E-state index in [1.54, 1.807) is 18.2 Å². The van der Waals surface area contributed by atoms with E-state index in [-0.39, 0.29) is 42.3 Å². The zero-order valence-electron chi connectivity index (χ0n) is 12.9. The molecule has 2 aromatic carbocycles. The fourth-order valence-electron chi connectivity index (χ4n) is 1.91. The summed E-state index contributed by atoms with van der Waals surface area (Å²) in [7, 11) is 1.53. The molecule has 1 atom stereocenters. The standard InChI is InChI=1S/C16H17ClFN3O2.HI/c1-23-15-7-6-12(8-13(15)17)21-16(19)20-9-14(22)10-2-4-11(18)5-3-10;/h2-8,14,22H,9H2,1H3,(H3,19,20,21);1H. The first-order valence-corrected chi connectivity index (χ1v) is 7.21.